The van der Waals surface area contributed by atoms with E-state index >= 15 is 0 Å². The van der Waals surface area contributed by atoms with E-state index in [0.29, 0.717) is 17.2 Å². The molecule has 0 radical (unpaired) electrons. The largest absolute Gasteiger partial charge is 0.507 e. The van der Waals surface area contributed by atoms with Crippen molar-refractivity contribution >= 4 is 11.3 Å². The highest BCUT2D eigenvalue weighted by Gasteiger charge is 2.26. The summed E-state index contributed by atoms with van der Waals surface area (Å²) in [5, 5.41) is 10.7. The van der Waals surface area contributed by atoms with Gasteiger partial charge in [0.05, 0.1) is 5.56 Å². The molecule has 3 rings (SSSR count). The van der Waals surface area contributed by atoms with Crippen LogP contribution in [0.15, 0.2) is 27.4 Å². The normalized spacial score (nSPS) is 19.7. The summed E-state index contributed by atoms with van der Waals surface area (Å²) in [6.07, 6.45) is 4.79. The molecule has 1 fully saturated rings. The minimum absolute atomic E-state index is 0.0671. The van der Waals surface area contributed by atoms with Crippen molar-refractivity contribution in [3.8, 4) is 5.75 Å². The molecule has 2 aromatic rings. The Morgan fingerprint density at radius 3 is 2.67 bits per heavy atom. The first-order chi connectivity index (χ1) is 13.0. The summed E-state index contributed by atoms with van der Waals surface area (Å²) < 4.78 is 11.3. The summed E-state index contributed by atoms with van der Waals surface area (Å²) in [6, 6.07) is 5.77. The van der Waals surface area contributed by atoms with Crippen LogP contribution >= 0.6 is 11.3 Å². The highest BCUT2D eigenvalue weighted by Crippen LogP contribution is 2.38. The van der Waals surface area contributed by atoms with Crippen LogP contribution in [0.5, 0.6) is 5.75 Å². The van der Waals surface area contributed by atoms with Gasteiger partial charge in [0.15, 0.2) is 0 Å². The number of aromatic hydroxyl groups is 1. The third-order valence-corrected chi connectivity index (χ3v) is 6.73. The quantitative estimate of drug-likeness (QED) is 0.671. The van der Waals surface area contributed by atoms with E-state index in [4.69, 9.17) is 9.15 Å². The predicted octanol–water partition coefficient (Wildman–Crippen LogP) is 5.57. The molecule has 1 N–H and O–H groups in total. The molecule has 0 amide bonds. The summed E-state index contributed by atoms with van der Waals surface area (Å²) in [4.78, 5) is 15.1. The van der Waals surface area contributed by atoms with E-state index in [1.807, 2.05) is 19.9 Å². The molecule has 148 valence electrons. The smallest absolute Gasteiger partial charge is 0.343 e. The molecule has 5 heteroatoms. The topological polar surface area (TPSA) is 59.7 Å². The van der Waals surface area contributed by atoms with Gasteiger partial charge < -0.3 is 14.3 Å². The lowest BCUT2D eigenvalue weighted by atomic mass is 9.87. The summed E-state index contributed by atoms with van der Waals surface area (Å²) in [5.41, 5.74) is -0.0137. The van der Waals surface area contributed by atoms with E-state index in [0.717, 1.165) is 50.2 Å². The average molecular weight is 391 g/mol. The SMILES string of the molecule is CCC(CC1CCCOC1)c1cc(O)c(C(CC)c2ccc(C)s2)c(=O)o1. The Bertz CT molecular complexity index is 801. The summed E-state index contributed by atoms with van der Waals surface area (Å²) >= 11 is 1.67. The second kappa shape index (κ2) is 9.07. The molecule has 2 aromatic heterocycles. The number of aryl methyl sites for hydroxylation is 1. The molecule has 3 atom stereocenters. The number of thiophene rings is 1. The molecular formula is C22H30O4S. The molecular weight excluding hydrogens is 360 g/mol. The molecule has 0 aliphatic carbocycles. The van der Waals surface area contributed by atoms with Gasteiger partial charge in [-0.25, -0.2) is 4.79 Å². The molecule has 1 saturated heterocycles. The average Bonchev–Trinajstić information content (AvgIpc) is 3.09. The van der Waals surface area contributed by atoms with E-state index in [9.17, 15) is 9.90 Å². The highest BCUT2D eigenvalue weighted by molar-refractivity contribution is 7.12. The lowest BCUT2D eigenvalue weighted by Crippen LogP contribution is -2.20. The third kappa shape index (κ3) is 4.64. The molecule has 3 unspecified atom stereocenters. The van der Waals surface area contributed by atoms with Gasteiger partial charge in [0.1, 0.15) is 11.5 Å². The molecule has 1 aliphatic heterocycles. The number of rotatable bonds is 7. The van der Waals surface area contributed by atoms with Crippen molar-refractivity contribution in [1.29, 1.82) is 0 Å². The molecule has 0 bridgehead atoms. The zero-order valence-electron chi connectivity index (χ0n) is 16.5. The van der Waals surface area contributed by atoms with Crippen molar-refractivity contribution in [3.05, 3.63) is 49.7 Å². The van der Waals surface area contributed by atoms with Gasteiger partial charge in [-0.2, -0.15) is 0 Å². The Hall–Kier alpha value is -1.59. The number of hydrogen-bond acceptors (Lipinski definition) is 5. The summed E-state index contributed by atoms with van der Waals surface area (Å²) in [5.74, 6) is 1.17. The standard InChI is InChI=1S/C22H30O4S/c1-4-16(11-15-7-6-10-25-13-15)19-12-18(23)21(22(24)26-19)17(5-2)20-9-8-14(3)27-20/h8-9,12,15-17,23H,4-7,10-11,13H2,1-3H3. The maximum atomic E-state index is 12.8. The Morgan fingerprint density at radius 2 is 2.11 bits per heavy atom. The Morgan fingerprint density at radius 1 is 1.30 bits per heavy atom. The Labute approximate surface area is 165 Å². The summed E-state index contributed by atoms with van der Waals surface area (Å²) in [7, 11) is 0. The van der Waals surface area contributed by atoms with Gasteiger partial charge in [-0.3, -0.25) is 0 Å². The van der Waals surface area contributed by atoms with Crippen molar-refractivity contribution in [2.24, 2.45) is 5.92 Å². The van der Waals surface area contributed by atoms with Crippen LogP contribution in [0, 0.1) is 12.8 Å². The van der Waals surface area contributed by atoms with Crippen LogP contribution in [-0.2, 0) is 4.74 Å². The predicted molar refractivity (Wildman–Crippen MR) is 109 cm³/mol. The molecule has 4 nitrogen and oxygen atoms in total. The van der Waals surface area contributed by atoms with Crippen LogP contribution < -0.4 is 5.63 Å². The van der Waals surface area contributed by atoms with Crippen LogP contribution in [0.4, 0.5) is 0 Å². The van der Waals surface area contributed by atoms with Crippen LogP contribution in [0.25, 0.3) is 0 Å². The maximum Gasteiger partial charge on any atom is 0.343 e. The van der Waals surface area contributed by atoms with E-state index in [1.54, 1.807) is 17.4 Å². The van der Waals surface area contributed by atoms with Gasteiger partial charge in [-0.05, 0) is 57.1 Å². The van der Waals surface area contributed by atoms with Gasteiger partial charge in [-0.15, -0.1) is 11.3 Å². The van der Waals surface area contributed by atoms with Crippen molar-refractivity contribution in [2.75, 3.05) is 13.2 Å². The second-order valence-corrected chi connectivity index (χ2v) is 8.89. The number of hydrogen-bond donors (Lipinski definition) is 1. The molecule has 3 heterocycles. The third-order valence-electron chi connectivity index (χ3n) is 5.61. The first kappa shape index (κ1) is 20.2. The second-order valence-electron chi connectivity index (χ2n) is 7.57. The van der Waals surface area contributed by atoms with Crippen molar-refractivity contribution in [2.45, 2.75) is 64.7 Å². The van der Waals surface area contributed by atoms with Gasteiger partial charge in [0.2, 0.25) is 0 Å². The summed E-state index contributed by atoms with van der Waals surface area (Å²) in [6.45, 7) is 7.80. The lowest BCUT2D eigenvalue weighted by molar-refractivity contribution is 0.0477. The zero-order chi connectivity index (χ0) is 19.4. The molecule has 0 aromatic carbocycles. The van der Waals surface area contributed by atoms with Crippen molar-refractivity contribution in [3.63, 3.8) is 0 Å². The van der Waals surface area contributed by atoms with Crippen molar-refractivity contribution < 1.29 is 14.3 Å². The fourth-order valence-electron chi connectivity index (χ4n) is 4.10. The molecule has 0 saturated carbocycles. The molecule has 27 heavy (non-hydrogen) atoms. The van der Waals surface area contributed by atoms with E-state index < -0.39 is 5.63 Å². The van der Waals surface area contributed by atoms with Gasteiger partial charge >= 0.3 is 5.63 Å². The van der Waals surface area contributed by atoms with Crippen LogP contribution in [0.2, 0.25) is 0 Å². The van der Waals surface area contributed by atoms with E-state index in [1.165, 1.54) is 4.88 Å². The molecule has 1 aliphatic rings. The molecule has 0 spiro atoms. The van der Waals surface area contributed by atoms with Gasteiger partial charge in [0, 0.05) is 40.9 Å². The number of ether oxygens (including phenoxy) is 1. The fourth-order valence-corrected chi connectivity index (χ4v) is 5.17. The monoisotopic (exact) mass is 390 g/mol. The van der Waals surface area contributed by atoms with Gasteiger partial charge in [0.25, 0.3) is 0 Å². The Kier molecular flexibility index (Phi) is 6.77. The van der Waals surface area contributed by atoms with Crippen LogP contribution in [0.3, 0.4) is 0 Å². The van der Waals surface area contributed by atoms with E-state index in [2.05, 4.69) is 13.0 Å². The van der Waals surface area contributed by atoms with Crippen LogP contribution in [0.1, 0.15) is 78.9 Å². The first-order valence-electron chi connectivity index (χ1n) is 10.0. The fraction of sp³-hybridized carbons (Fsp3) is 0.591. The maximum absolute atomic E-state index is 12.8. The Balaban J connectivity index is 1.87. The zero-order valence-corrected chi connectivity index (χ0v) is 17.3. The van der Waals surface area contributed by atoms with Gasteiger partial charge in [-0.1, -0.05) is 13.8 Å². The highest BCUT2D eigenvalue weighted by atomic mass is 32.1. The van der Waals surface area contributed by atoms with Crippen LogP contribution in [-0.4, -0.2) is 18.3 Å². The minimum Gasteiger partial charge on any atom is -0.507 e. The van der Waals surface area contributed by atoms with Crippen molar-refractivity contribution in [1.82, 2.24) is 0 Å². The van der Waals surface area contributed by atoms with E-state index in [-0.39, 0.29) is 17.6 Å². The minimum atomic E-state index is -0.402. The first-order valence-corrected chi connectivity index (χ1v) is 10.9. The lowest BCUT2D eigenvalue weighted by Gasteiger charge is -2.26.